The van der Waals surface area contributed by atoms with Crippen molar-refractivity contribution < 1.29 is 14.3 Å². The number of anilines is 1. The van der Waals surface area contributed by atoms with Crippen LogP contribution in [0.1, 0.15) is 40.0 Å². The Balaban J connectivity index is 1.37. The Morgan fingerprint density at radius 2 is 1.92 bits per heavy atom. The molecule has 1 aromatic rings. The number of para-hydroxylation sites is 1. The van der Waals surface area contributed by atoms with Crippen LogP contribution in [0.4, 0.5) is 10.5 Å². The van der Waals surface area contributed by atoms with Gasteiger partial charge in [0.25, 0.3) is 0 Å². The molecule has 3 aliphatic carbocycles. The number of benzene rings is 1. The number of esters is 1. The second kappa shape index (κ2) is 7.06. The first kappa shape index (κ1) is 17.8. The molecule has 0 radical (unpaired) electrons. The van der Waals surface area contributed by atoms with Gasteiger partial charge in [0, 0.05) is 12.2 Å². The summed E-state index contributed by atoms with van der Waals surface area (Å²) in [4.78, 5) is 23.9. The molecular formula is C20H28N2O3. The van der Waals surface area contributed by atoms with E-state index < -0.39 is 0 Å². The van der Waals surface area contributed by atoms with E-state index in [1.54, 1.807) is 0 Å². The topological polar surface area (TPSA) is 67.4 Å². The Morgan fingerprint density at radius 1 is 1.20 bits per heavy atom. The lowest BCUT2D eigenvalue weighted by Gasteiger charge is -2.61. The summed E-state index contributed by atoms with van der Waals surface area (Å²) in [5.74, 6) is 1.51. The van der Waals surface area contributed by atoms with Gasteiger partial charge in [-0.2, -0.15) is 0 Å². The molecular weight excluding hydrogens is 316 g/mol. The van der Waals surface area contributed by atoms with Crippen molar-refractivity contribution in [3.63, 3.8) is 0 Å². The first-order valence-electron chi connectivity index (χ1n) is 9.17. The second-order valence-electron chi connectivity index (χ2n) is 7.98. The van der Waals surface area contributed by atoms with E-state index in [2.05, 4.69) is 31.4 Å². The van der Waals surface area contributed by atoms with Crippen molar-refractivity contribution in [2.45, 2.75) is 46.1 Å². The highest BCUT2D eigenvalue weighted by molar-refractivity contribution is 5.89. The van der Waals surface area contributed by atoms with Crippen LogP contribution in [0.3, 0.4) is 0 Å². The van der Waals surface area contributed by atoms with Crippen LogP contribution in [-0.2, 0) is 9.53 Å². The third-order valence-corrected chi connectivity index (χ3v) is 6.21. The van der Waals surface area contributed by atoms with Gasteiger partial charge in [-0.25, -0.2) is 4.79 Å². The standard InChI is InChI=1S/C20H28N2O3/c1-13-16-11-14(20(16,2)3)12-17(13)25-18(23)9-10-21-19(24)22-15-7-5-4-6-8-15/h4-8,13-14,16-17H,9-12H2,1-3H3,(H2,21,22,24). The van der Waals surface area contributed by atoms with Crippen molar-refractivity contribution in [2.24, 2.45) is 23.2 Å². The van der Waals surface area contributed by atoms with Gasteiger partial charge in [-0.3, -0.25) is 4.79 Å². The summed E-state index contributed by atoms with van der Waals surface area (Å²) in [6.07, 6.45) is 2.47. The third kappa shape index (κ3) is 3.80. The minimum absolute atomic E-state index is 0.0300. The van der Waals surface area contributed by atoms with Crippen LogP contribution in [0.2, 0.25) is 0 Å². The lowest BCUT2D eigenvalue weighted by Crippen LogP contribution is -2.57. The van der Waals surface area contributed by atoms with E-state index >= 15 is 0 Å². The SMILES string of the molecule is CC1C(OC(=O)CCNC(=O)Nc2ccccc2)CC2CC1C2(C)C. The molecule has 4 rings (SSSR count). The lowest BCUT2D eigenvalue weighted by molar-refractivity contribution is -0.185. The monoisotopic (exact) mass is 344 g/mol. The van der Waals surface area contributed by atoms with Crippen LogP contribution in [-0.4, -0.2) is 24.6 Å². The second-order valence-corrected chi connectivity index (χ2v) is 7.98. The van der Waals surface area contributed by atoms with Crippen LogP contribution < -0.4 is 10.6 Å². The van der Waals surface area contributed by atoms with Crippen LogP contribution in [0.5, 0.6) is 0 Å². The average Bonchev–Trinajstić information content (AvgIpc) is 2.57. The molecule has 2 amide bonds. The molecule has 5 nitrogen and oxygen atoms in total. The zero-order chi connectivity index (χ0) is 18.0. The van der Waals surface area contributed by atoms with E-state index in [1.165, 1.54) is 6.42 Å². The Hall–Kier alpha value is -2.04. The molecule has 0 heterocycles. The Bertz CT molecular complexity index is 629. The van der Waals surface area contributed by atoms with E-state index in [0.717, 1.165) is 12.1 Å². The molecule has 3 fully saturated rings. The van der Waals surface area contributed by atoms with E-state index in [0.29, 0.717) is 23.2 Å². The molecule has 4 unspecified atom stereocenters. The molecule has 3 aliphatic rings. The number of amides is 2. The van der Waals surface area contributed by atoms with Crippen LogP contribution in [0.15, 0.2) is 30.3 Å². The number of rotatable bonds is 5. The van der Waals surface area contributed by atoms with Gasteiger partial charge < -0.3 is 15.4 Å². The molecule has 0 aliphatic heterocycles. The predicted octanol–water partition coefficient (Wildman–Crippen LogP) is 3.81. The van der Waals surface area contributed by atoms with Crippen molar-refractivity contribution in [1.29, 1.82) is 0 Å². The summed E-state index contributed by atoms with van der Waals surface area (Å²) in [5.41, 5.74) is 1.11. The van der Waals surface area contributed by atoms with Gasteiger partial charge >= 0.3 is 12.0 Å². The highest BCUT2D eigenvalue weighted by atomic mass is 16.5. The van der Waals surface area contributed by atoms with E-state index in [9.17, 15) is 9.59 Å². The Kier molecular flexibility index (Phi) is 5.02. The number of hydrogen-bond donors (Lipinski definition) is 2. The summed E-state index contributed by atoms with van der Waals surface area (Å²) in [5, 5.41) is 5.41. The maximum atomic E-state index is 12.1. The fourth-order valence-corrected chi connectivity index (χ4v) is 4.46. The van der Waals surface area contributed by atoms with Gasteiger partial charge in [0.15, 0.2) is 0 Å². The van der Waals surface area contributed by atoms with Gasteiger partial charge in [-0.1, -0.05) is 39.0 Å². The van der Waals surface area contributed by atoms with Gasteiger partial charge in [-0.05, 0) is 48.1 Å². The van der Waals surface area contributed by atoms with Gasteiger partial charge in [0.05, 0.1) is 6.42 Å². The van der Waals surface area contributed by atoms with Crippen molar-refractivity contribution in [3.8, 4) is 0 Å². The van der Waals surface area contributed by atoms with Crippen molar-refractivity contribution >= 4 is 17.7 Å². The van der Waals surface area contributed by atoms with Crippen LogP contribution >= 0.6 is 0 Å². The number of hydrogen-bond acceptors (Lipinski definition) is 3. The quantitative estimate of drug-likeness (QED) is 0.798. The minimum Gasteiger partial charge on any atom is -0.462 e. The van der Waals surface area contributed by atoms with Gasteiger partial charge in [0.1, 0.15) is 6.10 Å². The smallest absolute Gasteiger partial charge is 0.319 e. The summed E-state index contributed by atoms with van der Waals surface area (Å²) in [6, 6.07) is 8.90. The zero-order valence-corrected chi connectivity index (χ0v) is 15.2. The molecule has 2 N–H and O–H groups in total. The normalized spacial score (nSPS) is 29.2. The van der Waals surface area contributed by atoms with E-state index in [-0.39, 0.29) is 31.1 Å². The van der Waals surface area contributed by atoms with E-state index in [1.807, 2.05) is 30.3 Å². The van der Waals surface area contributed by atoms with Crippen molar-refractivity contribution in [1.82, 2.24) is 5.32 Å². The number of carbonyl (C=O) groups excluding carboxylic acids is 2. The number of ether oxygens (including phenoxy) is 1. The van der Waals surface area contributed by atoms with Crippen molar-refractivity contribution in [2.75, 3.05) is 11.9 Å². The first-order chi connectivity index (χ1) is 11.9. The number of fused-ring (bicyclic) bond motifs is 2. The maximum absolute atomic E-state index is 12.1. The number of urea groups is 1. The number of carbonyl (C=O) groups is 2. The summed E-state index contributed by atoms with van der Waals surface area (Å²) in [7, 11) is 0. The first-order valence-corrected chi connectivity index (χ1v) is 9.17. The maximum Gasteiger partial charge on any atom is 0.319 e. The molecule has 5 heteroatoms. The molecule has 25 heavy (non-hydrogen) atoms. The summed E-state index contributed by atoms with van der Waals surface area (Å²) < 4.78 is 5.69. The summed E-state index contributed by atoms with van der Waals surface area (Å²) >= 11 is 0. The Morgan fingerprint density at radius 3 is 2.56 bits per heavy atom. The van der Waals surface area contributed by atoms with Crippen LogP contribution in [0, 0.1) is 23.2 Å². The zero-order valence-electron chi connectivity index (χ0n) is 15.2. The average molecular weight is 344 g/mol. The van der Waals surface area contributed by atoms with E-state index in [4.69, 9.17) is 4.74 Å². The van der Waals surface area contributed by atoms with Gasteiger partial charge in [0.2, 0.25) is 0 Å². The van der Waals surface area contributed by atoms with Crippen molar-refractivity contribution in [3.05, 3.63) is 30.3 Å². The third-order valence-electron chi connectivity index (χ3n) is 6.21. The fourth-order valence-electron chi connectivity index (χ4n) is 4.46. The highest BCUT2D eigenvalue weighted by Crippen LogP contribution is 2.61. The van der Waals surface area contributed by atoms with Crippen LogP contribution in [0.25, 0.3) is 0 Å². The fraction of sp³-hybridized carbons (Fsp3) is 0.600. The predicted molar refractivity (Wildman–Crippen MR) is 97.1 cm³/mol. The highest BCUT2D eigenvalue weighted by Gasteiger charge is 2.57. The largest absolute Gasteiger partial charge is 0.462 e. The molecule has 2 bridgehead atoms. The summed E-state index contributed by atoms with van der Waals surface area (Å²) in [6.45, 7) is 7.13. The van der Waals surface area contributed by atoms with Gasteiger partial charge in [-0.15, -0.1) is 0 Å². The molecule has 3 saturated carbocycles. The molecule has 0 saturated heterocycles. The lowest BCUT2D eigenvalue weighted by atomic mass is 9.45. The minimum atomic E-state index is -0.312. The molecule has 1 aromatic carbocycles. The molecule has 0 aromatic heterocycles. The number of nitrogens with one attached hydrogen (secondary N) is 2. The molecule has 136 valence electrons. The molecule has 4 atom stereocenters. The molecule has 0 spiro atoms. The Labute approximate surface area is 149 Å².